The summed E-state index contributed by atoms with van der Waals surface area (Å²) >= 11 is 0. The molecule has 3 rings (SSSR count). The minimum atomic E-state index is -1.66. The molecule has 1 fully saturated rings. The van der Waals surface area contributed by atoms with E-state index in [1.807, 2.05) is 0 Å². The third-order valence-electron chi connectivity index (χ3n) is 6.33. The normalized spacial score (nSPS) is 20.7. The Kier molecular flexibility index (Phi) is 6.97. The van der Waals surface area contributed by atoms with Crippen molar-refractivity contribution in [2.45, 2.75) is 58.8 Å². The van der Waals surface area contributed by atoms with E-state index in [1.165, 1.54) is 37.8 Å². The van der Waals surface area contributed by atoms with Gasteiger partial charge in [-0.1, -0.05) is 39.5 Å². The Morgan fingerprint density at radius 3 is 1.90 bits per heavy atom. The van der Waals surface area contributed by atoms with Gasteiger partial charge in [-0.25, -0.2) is 22.0 Å². The van der Waals surface area contributed by atoms with E-state index in [0.29, 0.717) is 36.0 Å². The van der Waals surface area contributed by atoms with Crippen molar-refractivity contribution in [2.75, 3.05) is 0 Å². The quantitative estimate of drug-likeness (QED) is 0.336. The zero-order chi connectivity index (χ0) is 21.1. The van der Waals surface area contributed by atoms with E-state index in [4.69, 9.17) is 0 Å². The average Bonchev–Trinajstić information content (AvgIpc) is 2.66. The lowest BCUT2D eigenvalue weighted by molar-refractivity contribution is 0.206. The summed E-state index contributed by atoms with van der Waals surface area (Å²) in [7, 11) is 0. The van der Waals surface area contributed by atoms with Crippen LogP contribution in [0.5, 0.6) is 0 Å². The molecule has 0 bridgehead atoms. The lowest BCUT2D eigenvalue weighted by atomic mass is 9.73. The Morgan fingerprint density at radius 1 is 0.828 bits per heavy atom. The molecule has 29 heavy (non-hydrogen) atoms. The molecule has 0 N–H and O–H groups in total. The summed E-state index contributed by atoms with van der Waals surface area (Å²) in [5.41, 5.74) is -0.375. The highest BCUT2D eigenvalue weighted by Gasteiger charge is 2.26. The molecule has 0 spiro atoms. The van der Waals surface area contributed by atoms with Crippen LogP contribution in [-0.2, 0) is 6.42 Å². The van der Waals surface area contributed by atoms with Crippen LogP contribution in [-0.4, -0.2) is 0 Å². The van der Waals surface area contributed by atoms with Crippen molar-refractivity contribution in [3.05, 3.63) is 58.9 Å². The van der Waals surface area contributed by atoms with Gasteiger partial charge in [-0.2, -0.15) is 0 Å². The highest BCUT2D eigenvalue weighted by atomic mass is 19.2. The van der Waals surface area contributed by atoms with Crippen molar-refractivity contribution >= 4 is 0 Å². The molecular weight excluding hydrogens is 383 g/mol. The third-order valence-corrected chi connectivity index (χ3v) is 6.33. The Balaban J connectivity index is 1.74. The molecule has 2 aromatic carbocycles. The molecule has 0 nitrogen and oxygen atoms in total. The van der Waals surface area contributed by atoms with Crippen LogP contribution in [0.15, 0.2) is 24.3 Å². The van der Waals surface area contributed by atoms with Gasteiger partial charge in [-0.15, -0.1) is 0 Å². The van der Waals surface area contributed by atoms with Crippen molar-refractivity contribution in [1.82, 2.24) is 0 Å². The molecule has 0 aromatic heterocycles. The zero-order valence-electron chi connectivity index (χ0n) is 16.9. The molecule has 0 saturated heterocycles. The molecule has 5 heteroatoms. The number of halogens is 5. The van der Waals surface area contributed by atoms with Crippen molar-refractivity contribution < 1.29 is 22.0 Å². The van der Waals surface area contributed by atoms with Crippen LogP contribution in [0.4, 0.5) is 22.0 Å². The van der Waals surface area contributed by atoms with E-state index in [-0.39, 0.29) is 5.56 Å². The fourth-order valence-electron chi connectivity index (χ4n) is 4.71. The molecule has 1 atom stereocenters. The first-order chi connectivity index (χ1) is 13.8. The Morgan fingerprint density at radius 2 is 1.38 bits per heavy atom. The second-order valence-electron chi connectivity index (χ2n) is 8.44. The van der Waals surface area contributed by atoms with E-state index in [2.05, 4.69) is 13.8 Å². The van der Waals surface area contributed by atoms with Gasteiger partial charge in [-0.05, 0) is 72.4 Å². The third kappa shape index (κ3) is 4.99. The van der Waals surface area contributed by atoms with Crippen molar-refractivity contribution in [3.63, 3.8) is 0 Å². The Bertz CT molecular complexity index is 806. The van der Waals surface area contributed by atoms with E-state index in [1.54, 1.807) is 0 Å². The minimum absolute atomic E-state index is 0.294. The first kappa shape index (κ1) is 21.8. The topological polar surface area (TPSA) is 0 Å². The Hall–Kier alpha value is -1.91. The predicted molar refractivity (Wildman–Crippen MR) is 105 cm³/mol. The minimum Gasteiger partial charge on any atom is -0.206 e. The van der Waals surface area contributed by atoms with Crippen LogP contribution in [0.2, 0.25) is 0 Å². The van der Waals surface area contributed by atoms with E-state index in [0.717, 1.165) is 18.8 Å². The maximum absolute atomic E-state index is 14.6. The van der Waals surface area contributed by atoms with Crippen molar-refractivity contribution in [3.8, 4) is 11.1 Å². The summed E-state index contributed by atoms with van der Waals surface area (Å²) in [4.78, 5) is 0. The van der Waals surface area contributed by atoms with Gasteiger partial charge < -0.3 is 0 Å². The maximum Gasteiger partial charge on any atom is 0.194 e. The fourth-order valence-corrected chi connectivity index (χ4v) is 4.71. The first-order valence-electron chi connectivity index (χ1n) is 10.4. The van der Waals surface area contributed by atoms with Crippen LogP contribution in [0.3, 0.4) is 0 Å². The maximum atomic E-state index is 14.6. The fraction of sp³-hybridized carbons (Fsp3) is 0.500. The molecule has 0 aliphatic heterocycles. The van der Waals surface area contributed by atoms with Crippen molar-refractivity contribution in [1.29, 1.82) is 0 Å². The largest absolute Gasteiger partial charge is 0.206 e. The molecule has 0 heterocycles. The molecule has 0 amide bonds. The molecule has 1 aliphatic carbocycles. The number of hydrogen-bond donors (Lipinski definition) is 0. The van der Waals surface area contributed by atoms with Gasteiger partial charge in [0.1, 0.15) is 11.6 Å². The van der Waals surface area contributed by atoms with E-state index < -0.39 is 34.6 Å². The number of rotatable bonds is 6. The molecular formula is C24H27F5. The van der Waals surface area contributed by atoms with E-state index >= 15 is 0 Å². The molecule has 2 aromatic rings. The summed E-state index contributed by atoms with van der Waals surface area (Å²) in [6, 6.07) is 3.65. The highest BCUT2D eigenvalue weighted by Crippen LogP contribution is 2.37. The summed E-state index contributed by atoms with van der Waals surface area (Å²) in [6.45, 7) is 4.31. The van der Waals surface area contributed by atoms with Crippen LogP contribution in [0.1, 0.15) is 57.9 Å². The summed E-state index contributed by atoms with van der Waals surface area (Å²) in [5, 5.41) is 0. The predicted octanol–water partition coefficient (Wildman–Crippen LogP) is 7.83. The molecule has 1 aliphatic rings. The summed E-state index contributed by atoms with van der Waals surface area (Å²) in [6.07, 6.45) is 7.73. The zero-order valence-corrected chi connectivity index (χ0v) is 16.9. The van der Waals surface area contributed by atoms with Crippen LogP contribution >= 0.6 is 0 Å². The second kappa shape index (κ2) is 9.27. The van der Waals surface area contributed by atoms with Crippen LogP contribution in [0.25, 0.3) is 11.1 Å². The molecule has 158 valence electrons. The highest BCUT2D eigenvalue weighted by molar-refractivity contribution is 5.65. The molecule has 1 unspecified atom stereocenters. The average molecular weight is 410 g/mol. The number of hydrogen-bond acceptors (Lipinski definition) is 0. The van der Waals surface area contributed by atoms with Gasteiger partial charge in [0.15, 0.2) is 17.5 Å². The van der Waals surface area contributed by atoms with Crippen LogP contribution in [0, 0.1) is 46.8 Å². The molecule has 1 saturated carbocycles. The first-order valence-corrected chi connectivity index (χ1v) is 10.4. The smallest absolute Gasteiger partial charge is 0.194 e. The summed E-state index contributed by atoms with van der Waals surface area (Å²) < 4.78 is 69.3. The second-order valence-corrected chi connectivity index (χ2v) is 8.44. The van der Waals surface area contributed by atoms with Crippen molar-refractivity contribution in [2.24, 2.45) is 17.8 Å². The van der Waals surface area contributed by atoms with E-state index in [9.17, 15) is 22.0 Å². The van der Waals surface area contributed by atoms with Gasteiger partial charge in [0.2, 0.25) is 0 Å². The van der Waals surface area contributed by atoms with Gasteiger partial charge in [-0.3, -0.25) is 0 Å². The van der Waals surface area contributed by atoms with Gasteiger partial charge in [0.05, 0.1) is 5.56 Å². The van der Waals surface area contributed by atoms with Gasteiger partial charge in [0.25, 0.3) is 0 Å². The van der Waals surface area contributed by atoms with Crippen LogP contribution < -0.4 is 0 Å². The van der Waals surface area contributed by atoms with Gasteiger partial charge >= 0.3 is 0 Å². The standard InChI is InChI=1S/C24H27F5/c1-3-4-15-5-7-17(8-6-15)14(2)9-16-10-19(25)23(20(26)11-16)18-12-21(27)24(29)22(28)13-18/h10-15,17H,3-9H2,1-2H3. The summed E-state index contributed by atoms with van der Waals surface area (Å²) in [5.74, 6) is -4.78. The Labute approximate surface area is 169 Å². The molecule has 0 radical (unpaired) electrons. The SMILES string of the molecule is CCCC1CCC(C(C)Cc2cc(F)c(-c3cc(F)c(F)c(F)c3)c(F)c2)CC1. The van der Waals surface area contributed by atoms with Gasteiger partial charge in [0, 0.05) is 0 Å². The number of benzene rings is 2. The monoisotopic (exact) mass is 410 g/mol. The lowest BCUT2D eigenvalue weighted by Crippen LogP contribution is -2.21. The lowest BCUT2D eigenvalue weighted by Gasteiger charge is -2.32.